The molecule has 0 spiro atoms. The van der Waals surface area contributed by atoms with Crippen LogP contribution in [0.15, 0.2) is 54.6 Å². The highest BCUT2D eigenvalue weighted by atomic mass is 16.4. The predicted molar refractivity (Wildman–Crippen MR) is 274 cm³/mol. The van der Waals surface area contributed by atoms with Crippen LogP contribution in [0.2, 0.25) is 0 Å². The van der Waals surface area contributed by atoms with Gasteiger partial charge in [-0.25, -0.2) is 4.79 Å². The van der Waals surface area contributed by atoms with Crippen LogP contribution in [-0.4, -0.2) is 154 Å². The number of carbonyl (C=O) groups excluding carboxylic acids is 11. The van der Waals surface area contributed by atoms with E-state index in [2.05, 4.69) is 53.2 Å². The van der Waals surface area contributed by atoms with E-state index in [1.165, 1.54) is 31.2 Å². The lowest BCUT2D eigenvalue weighted by Crippen LogP contribution is -2.62. The van der Waals surface area contributed by atoms with E-state index in [1.807, 2.05) is 0 Å². The largest absolute Gasteiger partial charge is 0.508 e. The number of urea groups is 1. The van der Waals surface area contributed by atoms with Crippen LogP contribution in [0.3, 0.4) is 0 Å². The molecule has 12 amide bonds. The maximum Gasteiger partial charge on any atom is 0.312 e. The first-order valence-corrected chi connectivity index (χ1v) is 25.0. The number of aromatic hydroxyl groups is 1. The molecule has 1 heterocycles. The number of aliphatic hydroxyl groups is 1. The predicted octanol–water partition coefficient (Wildman–Crippen LogP) is -3.54. The van der Waals surface area contributed by atoms with Crippen LogP contribution >= 0.6 is 0 Å². The normalized spacial score (nSPS) is 24.4. The SMILES string of the molecule is CC[C@H](C)[C@@H]1NC(=O)[C@H](Cc2ccc(O)cc2)NC(=O)[C@H](CO)NC(=O)[C@H](C)NC(=O)[C@H](Cc2ccccc2)NC(=O)[C@H](CCCNC(N)=O)NC(=O)[C@H](CC(=O)O)NC(=O)[C@H](CC(N)=O)NC(=O)[C@H](CC(C)C)NC1=O. The van der Waals surface area contributed by atoms with Gasteiger partial charge < -0.3 is 80.0 Å². The van der Waals surface area contributed by atoms with Crippen LogP contribution in [0.1, 0.15) is 84.3 Å². The fourth-order valence-electron chi connectivity index (χ4n) is 7.87. The number of benzene rings is 2. The third kappa shape index (κ3) is 21.4. The maximum absolute atomic E-state index is 14.3. The number of phenols is 1. The lowest BCUT2D eigenvalue weighted by atomic mass is 9.95. The highest BCUT2D eigenvalue weighted by molar-refractivity contribution is 6.00. The van der Waals surface area contributed by atoms with Crippen molar-refractivity contribution < 1.29 is 72.9 Å². The molecule has 0 bridgehead atoms. The average Bonchev–Trinajstić information content (AvgIpc) is 3.36. The Bertz CT molecular complexity index is 2430. The number of nitrogens with two attached hydrogens (primary N) is 2. The molecule has 0 unspecified atom stereocenters. The molecule has 0 saturated carbocycles. The van der Waals surface area contributed by atoms with Crippen molar-refractivity contribution in [1.82, 2.24) is 53.2 Å². The van der Waals surface area contributed by atoms with E-state index < -0.39 is 151 Å². The second kappa shape index (κ2) is 30.9. The van der Waals surface area contributed by atoms with Crippen LogP contribution < -0.4 is 64.6 Å². The molecule has 27 heteroatoms. The summed E-state index contributed by atoms with van der Waals surface area (Å²) in [5.41, 5.74) is 11.6. The number of hydrogen-bond donors (Lipinski definition) is 15. The number of carboxylic acids is 1. The van der Waals surface area contributed by atoms with E-state index in [1.54, 1.807) is 58.0 Å². The van der Waals surface area contributed by atoms with E-state index in [0.717, 1.165) is 0 Å². The summed E-state index contributed by atoms with van der Waals surface area (Å²) in [5, 5.41) is 54.5. The van der Waals surface area contributed by atoms with Gasteiger partial charge in [-0.2, -0.15) is 0 Å². The first-order valence-electron chi connectivity index (χ1n) is 25.0. The van der Waals surface area contributed by atoms with Crippen molar-refractivity contribution in [2.75, 3.05) is 13.2 Å². The smallest absolute Gasteiger partial charge is 0.312 e. The van der Waals surface area contributed by atoms with Gasteiger partial charge in [-0.15, -0.1) is 0 Å². The van der Waals surface area contributed by atoms with Crippen molar-refractivity contribution in [2.45, 2.75) is 140 Å². The second-order valence-corrected chi connectivity index (χ2v) is 19.1. The number of amides is 12. The van der Waals surface area contributed by atoms with Gasteiger partial charge in [0.15, 0.2) is 0 Å². The van der Waals surface area contributed by atoms with E-state index in [9.17, 15) is 72.9 Å². The van der Waals surface area contributed by atoms with Gasteiger partial charge >= 0.3 is 12.0 Å². The summed E-state index contributed by atoms with van der Waals surface area (Å²) >= 11 is 0. The summed E-state index contributed by atoms with van der Waals surface area (Å²) < 4.78 is 0. The topological polar surface area (TPSA) is 438 Å². The highest BCUT2D eigenvalue weighted by Gasteiger charge is 2.38. The molecule has 3 rings (SSSR count). The van der Waals surface area contributed by atoms with E-state index >= 15 is 0 Å². The van der Waals surface area contributed by atoms with Crippen molar-refractivity contribution in [3.63, 3.8) is 0 Å². The Morgan fingerprint density at radius 3 is 1.55 bits per heavy atom. The Morgan fingerprint density at radius 1 is 0.571 bits per heavy atom. The summed E-state index contributed by atoms with van der Waals surface area (Å²) in [6.45, 7) is 6.80. The van der Waals surface area contributed by atoms with Crippen molar-refractivity contribution in [3.8, 4) is 5.75 Å². The van der Waals surface area contributed by atoms with Crippen molar-refractivity contribution >= 4 is 71.1 Å². The van der Waals surface area contributed by atoms with Gasteiger partial charge in [0.05, 0.1) is 19.4 Å². The first-order chi connectivity index (χ1) is 36.3. The number of hydrogen-bond acceptors (Lipinski definition) is 14. The van der Waals surface area contributed by atoms with Crippen LogP contribution in [0.25, 0.3) is 0 Å². The van der Waals surface area contributed by atoms with Gasteiger partial charge in [0.1, 0.15) is 60.1 Å². The number of phenolic OH excluding ortho intramolecular Hbond substituents is 1. The zero-order valence-electron chi connectivity index (χ0n) is 43.5. The molecule has 1 fully saturated rings. The summed E-state index contributed by atoms with van der Waals surface area (Å²) in [6, 6.07) is -1.85. The fraction of sp³-hybridized carbons (Fsp3) is 0.520. The zero-order chi connectivity index (χ0) is 57.5. The Kier molecular flexibility index (Phi) is 25.2. The van der Waals surface area contributed by atoms with Crippen molar-refractivity contribution in [3.05, 3.63) is 65.7 Å². The van der Waals surface area contributed by atoms with Crippen LogP contribution in [-0.2, 0) is 65.6 Å². The lowest BCUT2D eigenvalue weighted by molar-refractivity contribution is -0.142. The summed E-state index contributed by atoms with van der Waals surface area (Å²) in [5.74, 6) is -13.4. The molecule has 27 nitrogen and oxygen atoms in total. The number of aliphatic carboxylic acids is 1. The summed E-state index contributed by atoms with van der Waals surface area (Å²) in [7, 11) is 0. The monoisotopic (exact) mass is 1080 g/mol. The molecule has 1 aliphatic rings. The molecule has 1 saturated heterocycles. The number of aliphatic hydroxyl groups excluding tert-OH is 1. The van der Waals surface area contributed by atoms with E-state index in [4.69, 9.17) is 11.5 Å². The maximum atomic E-state index is 14.3. The van der Waals surface area contributed by atoms with Gasteiger partial charge in [0, 0.05) is 19.4 Å². The first kappa shape index (κ1) is 62.9. The van der Waals surface area contributed by atoms with Gasteiger partial charge in [0.2, 0.25) is 59.1 Å². The molecular weight excluding hydrogens is 1010 g/mol. The molecule has 0 aliphatic carbocycles. The lowest BCUT2D eigenvalue weighted by Gasteiger charge is -2.30. The molecule has 77 heavy (non-hydrogen) atoms. The number of rotatable bonds is 17. The summed E-state index contributed by atoms with van der Waals surface area (Å²) in [6.07, 6.45) is -2.67. The standard InChI is InChI=1S/C50H72N12O15/c1-6-26(4)40-49(76)60-32(19-25(2)3)44(71)58-35(22-38(51)65)45(72)59-36(23-39(66)67)46(73)55-31(13-10-18-53-50(52)77)42(69)56-33(20-28-11-8-7-9-12-28)43(70)54-27(5)41(68)61-37(24-63)48(75)57-34(47(74)62-40)21-29-14-16-30(64)17-15-29/h7-9,11-12,14-17,25-27,31-37,40,63-64H,6,10,13,18-24H2,1-5H3,(H2,51,65)(H,54,70)(H,55,73)(H,56,69)(H,57,75)(H,58,71)(H,59,72)(H,60,76)(H,61,68)(H,62,74)(H,66,67)(H3,52,53,77)/t26-,27-,31-,32-,33-,34-,35-,36-,37-,40-/m0/s1. The molecule has 0 radical (unpaired) electrons. The number of carboxylic acid groups (broad SMARTS) is 1. The van der Waals surface area contributed by atoms with Gasteiger partial charge in [-0.1, -0.05) is 76.6 Å². The molecule has 2 aromatic rings. The Labute approximate surface area is 444 Å². The van der Waals surface area contributed by atoms with Crippen LogP contribution in [0, 0.1) is 11.8 Å². The Hall–Kier alpha value is -8.36. The molecule has 0 aromatic heterocycles. The molecule has 1 aliphatic heterocycles. The Morgan fingerprint density at radius 2 is 1.03 bits per heavy atom. The number of primary amides is 2. The molecule has 422 valence electrons. The van der Waals surface area contributed by atoms with E-state index in [0.29, 0.717) is 11.1 Å². The van der Waals surface area contributed by atoms with Crippen LogP contribution in [0.4, 0.5) is 4.79 Å². The molecular formula is C50H72N12O15. The molecule has 17 N–H and O–H groups in total. The van der Waals surface area contributed by atoms with Gasteiger partial charge in [0.25, 0.3) is 0 Å². The van der Waals surface area contributed by atoms with Gasteiger partial charge in [-0.05, 0) is 61.3 Å². The Balaban J connectivity index is 2.23. The van der Waals surface area contributed by atoms with Crippen molar-refractivity contribution in [1.29, 1.82) is 0 Å². The molecule has 2 aromatic carbocycles. The highest BCUT2D eigenvalue weighted by Crippen LogP contribution is 2.16. The third-order valence-corrected chi connectivity index (χ3v) is 12.3. The minimum absolute atomic E-state index is 0.0513. The van der Waals surface area contributed by atoms with Gasteiger partial charge in [-0.3, -0.25) is 52.7 Å². The number of carbonyl (C=O) groups is 12. The minimum Gasteiger partial charge on any atom is -0.508 e. The minimum atomic E-state index is -2.01. The van der Waals surface area contributed by atoms with E-state index in [-0.39, 0.29) is 56.7 Å². The average molecular weight is 1080 g/mol. The summed E-state index contributed by atoms with van der Waals surface area (Å²) in [4.78, 5) is 163. The second-order valence-electron chi connectivity index (χ2n) is 19.1. The van der Waals surface area contributed by atoms with Crippen molar-refractivity contribution in [2.24, 2.45) is 23.3 Å². The fourth-order valence-corrected chi connectivity index (χ4v) is 7.87. The number of nitrogens with one attached hydrogen (secondary N) is 10. The van der Waals surface area contributed by atoms with Crippen LogP contribution in [0.5, 0.6) is 5.75 Å². The third-order valence-electron chi connectivity index (χ3n) is 12.3. The quantitative estimate of drug-likeness (QED) is 0.0683. The zero-order valence-corrected chi connectivity index (χ0v) is 43.5. The molecule has 10 atom stereocenters.